The van der Waals surface area contributed by atoms with Crippen molar-refractivity contribution in [1.82, 2.24) is 10.3 Å². The molecule has 19 heavy (non-hydrogen) atoms. The van der Waals surface area contributed by atoms with Crippen LogP contribution in [-0.4, -0.2) is 36.4 Å². The number of esters is 1. The molecule has 1 N–H and O–H groups in total. The lowest BCUT2D eigenvalue weighted by molar-refractivity contribution is -0.146. The van der Waals surface area contributed by atoms with Crippen LogP contribution in [0.25, 0.3) is 11.1 Å². The quantitative estimate of drug-likeness (QED) is 0.668. The van der Waals surface area contributed by atoms with Crippen LogP contribution >= 0.6 is 11.8 Å². The summed E-state index contributed by atoms with van der Waals surface area (Å²) in [5.41, 5.74) is 0.795. The number of aromatic nitrogens is 1. The third-order valence-electron chi connectivity index (χ3n) is 2.95. The highest BCUT2D eigenvalue weighted by Crippen LogP contribution is 2.26. The van der Waals surface area contributed by atoms with E-state index in [9.17, 15) is 4.79 Å². The Hall–Kier alpha value is -1.53. The standard InChI is InChI=1S/C13H16N2O3S/c1-13(14-2,11(16)17-3)8-19-12-15-9-6-4-5-7-10(9)18-12/h4-7,14H,8H2,1-3H3. The van der Waals surface area contributed by atoms with Crippen molar-refractivity contribution in [2.24, 2.45) is 0 Å². The van der Waals surface area contributed by atoms with Gasteiger partial charge in [0.15, 0.2) is 5.58 Å². The number of ether oxygens (including phenoxy) is 1. The van der Waals surface area contributed by atoms with Gasteiger partial charge < -0.3 is 14.5 Å². The summed E-state index contributed by atoms with van der Waals surface area (Å²) in [7, 11) is 3.10. The van der Waals surface area contributed by atoms with Crippen LogP contribution in [0.2, 0.25) is 0 Å². The molecule has 1 unspecified atom stereocenters. The molecule has 5 nitrogen and oxygen atoms in total. The molecular formula is C13H16N2O3S. The molecule has 0 aliphatic carbocycles. The van der Waals surface area contributed by atoms with Gasteiger partial charge in [0.2, 0.25) is 0 Å². The van der Waals surface area contributed by atoms with Crippen molar-refractivity contribution in [3.63, 3.8) is 0 Å². The molecule has 1 aromatic carbocycles. The van der Waals surface area contributed by atoms with Crippen molar-refractivity contribution in [3.8, 4) is 0 Å². The second kappa shape index (κ2) is 5.63. The maximum atomic E-state index is 11.7. The highest BCUT2D eigenvalue weighted by atomic mass is 32.2. The molecule has 1 atom stereocenters. The summed E-state index contributed by atoms with van der Waals surface area (Å²) in [5.74, 6) is 0.168. The van der Waals surface area contributed by atoms with Crippen LogP contribution in [0.4, 0.5) is 0 Å². The second-order valence-electron chi connectivity index (χ2n) is 4.31. The smallest absolute Gasteiger partial charge is 0.326 e. The summed E-state index contributed by atoms with van der Waals surface area (Å²) in [6.45, 7) is 1.79. The van der Waals surface area contributed by atoms with Crippen LogP contribution < -0.4 is 5.32 Å². The molecular weight excluding hydrogens is 264 g/mol. The Morgan fingerprint density at radius 3 is 2.89 bits per heavy atom. The number of hydrogen-bond donors (Lipinski definition) is 1. The normalized spacial score (nSPS) is 14.3. The van der Waals surface area contributed by atoms with Gasteiger partial charge in [-0.05, 0) is 26.1 Å². The number of methoxy groups -OCH3 is 1. The fourth-order valence-electron chi connectivity index (χ4n) is 1.58. The Morgan fingerprint density at radius 1 is 1.53 bits per heavy atom. The number of benzene rings is 1. The Bertz CT molecular complexity index is 551. The number of fused-ring (bicyclic) bond motifs is 1. The minimum absolute atomic E-state index is 0.307. The van der Waals surface area contributed by atoms with E-state index in [0.717, 1.165) is 11.1 Å². The average molecular weight is 280 g/mol. The fourth-order valence-corrected chi connectivity index (χ4v) is 2.56. The average Bonchev–Trinajstić information content (AvgIpc) is 2.86. The van der Waals surface area contributed by atoms with E-state index >= 15 is 0 Å². The van der Waals surface area contributed by atoms with Gasteiger partial charge in [-0.25, -0.2) is 4.98 Å². The van der Waals surface area contributed by atoms with Crippen LogP contribution in [0.5, 0.6) is 0 Å². The fraction of sp³-hybridized carbons (Fsp3) is 0.385. The number of likely N-dealkylation sites (N-methyl/N-ethyl adjacent to an activating group) is 1. The van der Waals surface area contributed by atoms with Gasteiger partial charge >= 0.3 is 5.97 Å². The third kappa shape index (κ3) is 2.90. The number of rotatable bonds is 5. The molecule has 0 aliphatic rings. The SMILES string of the molecule is CNC(C)(CSc1nc2ccccc2o1)C(=O)OC. The van der Waals surface area contributed by atoms with E-state index in [2.05, 4.69) is 10.3 Å². The third-order valence-corrected chi connectivity index (χ3v) is 4.09. The summed E-state index contributed by atoms with van der Waals surface area (Å²) in [4.78, 5) is 16.1. The lowest BCUT2D eigenvalue weighted by atomic mass is 10.1. The van der Waals surface area contributed by atoms with Gasteiger partial charge in [0.1, 0.15) is 11.1 Å². The molecule has 2 rings (SSSR count). The van der Waals surface area contributed by atoms with Gasteiger partial charge in [-0.1, -0.05) is 23.9 Å². The number of thioether (sulfide) groups is 1. The second-order valence-corrected chi connectivity index (χ2v) is 5.24. The van der Waals surface area contributed by atoms with Crippen LogP contribution in [0.1, 0.15) is 6.92 Å². The lowest BCUT2D eigenvalue weighted by Crippen LogP contribution is -2.50. The largest absolute Gasteiger partial charge is 0.468 e. The van der Waals surface area contributed by atoms with Crippen LogP contribution in [0.3, 0.4) is 0 Å². The first-order valence-electron chi connectivity index (χ1n) is 5.85. The Kier molecular flexibility index (Phi) is 4.11. The summed E-state index contributed by atoms with van der Waals surface area (Å²) in [5, 5.41) is 3.52. The molecule has 0 bridgehead atoms. The molecule has 0 saturated carbocycles. The van der Waals surface area contributed by atoms with Gasteiger partial charge in [0.25, 0.3) is 5.22 Å². The van der Waals surface area contributed by atoms with Crippen molar-refractivity contribution in [2.45, 2.75) is 17.7 Å². The first-order valence-corrected chi connectivity index (χ1v) is 6.83. The molecule has 0 aliphatic heterocycles. The summed E-state index contributed by atoms with van der Waals surface area (Å²) >= 11 is 1.38. The number of hydrogen-bond acceptors (Lipinski definition) is 6. The molecule has 0 fully saturated rings. The lowest BCUT2D eigenvalue weighted by Gasteiger charge is -2.24. The maximum Gasteiger partial charge on any atom is 0.326 e. The van der Waals surface area contributed by atoms with Gasteiger partial charge in [-0.3, -0.25) is 4.79 Å². The van der Waals surface area contributed by atoms with E-state index in [1.807, 2.05) is 24.3 Å². The summed E-state index contributed by atoms with van der Waals surface area (Å²) in [6.07, 6.45) is 0. The Labute approximate surface area is 115 Å². The minimum atomic E-state index is -0.764. The van der Waals surface area contributed by atoms with E-state index in [1.165, 1.54) is 18.9 Å². The molecule has 2 aromatic rings. The molecule has 0 amide bonds. The van der Waals surface area contributed by atoms with Gasteiger partial charge in [0.05, 0.1) is 7.11 Å². The monoisotopic (exact) mass is 280 g/mol. The van der Waals surface area contributed by atoms with E-state index in [1.54, 1.807) is 14.0 Å². The van der Waals surface area contributed by atoms with E-state index < -0.39 is 5.54 Å². The molecule has 1 heterocycles. The first-order chi connectivity index (χ1) is 9.09. The number of oxazole rings is 1. The number of para-hydroxylation sites is 2. The van der Waals surface area contributed by atoms with Crippen molar-refractivity contribution in [2.75, 3.05) is 19.9 Å². The minimum Gasteiger partial charge on any atom is -0.468 e. The predicted molar refractivity (Wildman–Crippen MR) is 74.2 cm³/mol. The van der Waals surface area contributed by atoms with Crippen LogP contribution in [-0.2, 0) is 9.53 Å². The highest BCUT2D eigenvalue weighted by Gasteiger charge is 2.33. The molecule has 102 valence electrons. The maximum absolute atomic E-state index is 11.7. The van der Waals surface area contributed by atoms with Crippen molar-refractivity contribution < 1.29 is 13.9 Å². The molecule has 6 heteroatoms. The van der Waals surface area contributed by atoms with Crippen LogP contribution in [0.15, 0.2) is 33.9 Å². The molecule has 1 aromatic heterocycles. The Balaban J connectivity index is 2.11. The van der Waals surface area contributed by atoms with E-state index in [-0.39, 0.29) is 5.97 Å². The predicted octanol–water partition coefficient (Wildman–Crippen LogP) is 2.07. The van der Waals surface area contributed by atoms with E-state index in [4.69, 9.17) is 9.15 Å². The molecule has 0 saturated heterocycles. The topological polar surface area (TPSA) is 64.4 Å². The van der Waals surface area contributed by atoms with Gasteiger partial charge in [-0.15, -0.1) is 0 Å². The summed E-state index contributed by atoms with van der Waals surface area (Å²) in [6, 6.07) is 7.56. The molecule has 0 spiro atoms. The first kappa shape index (κ1) is 13.9. The number of nitrogens with one attached hydrogen (secondary N) is 1. The highest BCUT2D eigenvalue weighted by molar-refractivity contribution is 7.99. The number of nitrogens with zero attached hydrogens (tertiary/aromatic N) is 1. The molecule has 0 radical (unpaired) electrons. The van der Waals surface area contributed by atoms with Crippen molar-refractivity contribution in [1.29, 1.82) is 0 Å². The van der Waals surface area contributed by atoms with Gasteiger partial charge in [-0.2, -0.15) is 0 Å². The number of carbonyl (C=O) groups excluding carboxylic acids is 1. The Morgan fingerprint density at radius 2 is 2.26 bits per heavy atom. The zero-order valence-electron chi connectivity index (χ0n) is 11.1. The van der Waals surface area contributed by atoms with Crippen molar-refractivity contribution in [3.05, 3.63) is 24.3 Å². The summed E-state index contributed by atoms with van der Waals surface area (Å²) < 4.78 is 10.4. The zero-order valence-corrected chi connectivity index (χ0v) is 11.9. The van der Waals surface area contributed by atoms with Crippen LogP contribution in [0, 0.1) is 0 Å². The van der Waals surface area contributed by atoms with Gasteiger partial charge in [0, 0.05) is 5.75 Å². The van der Waals surface area contributed by atoms with Crippen molar-refractivity contribution >= 4 is 28.8 Å². The zero-order chi connectivity index (χ0) is 13.9. The number of carbonyl (C=O) groups is 1. The van der Waals surface area contributed by atoms with E-state index in [0.29, 0.717) is 11.0 Å².